The second-order valence-corrected chi connectivity index (χ2v) is 6.20. The second kappa shape index (κ2) is 6.54. The first kappa shape index (κ1) is 15.5. The summed E-state index contributed by atoms with van der Waals surface area (Å²) in [5.41, 5.74) is 0. The third kappa shape index (κ3) is 3.46. The van der Waals surface area contributed by atoms with E-state index >= 15 is 0 Å². The molecule has 7 heteroatoms. The van der Waals surface area contributed by atoms with Crippen LogP contribution in [0, 0.1) is 0 Å². The largest absolute Gasteiger partial charge is 0.395 e. The van der Waals surface area contributed by atoms with E-state index < -0.39 is 10.0 Å². The van der Waals surface area contributed by atoms with Crippen molar-refractivity contribution in [3.05, 3.63) is 40.9 Å². The topological polar surface area (TPSA) is 57.6 Å². The van der Waals surface area contributed by atoms with Gasteiger partial charge < -0.3 is 5.11 Å². The van der Waals surface area contributed by atoms with Crippen molar-refractivity contribution >= 4 is 33.2 Å². The van der Waals surface area contributed by atoms with Crippen molar-refractivity contribution in [3.8, 4) is 0 Å². The van der Waals surface area contributed by atoms with E-state index in [1.165, 1.54) is 24.3 Å². The molecule has 0 saturated carbocycles. The van der Waals surface area contributed by atoms with Crippen molar-refractivity contribution in [2.75, 3.05) is 19.7 Å². The monoisotopic (exact) mass is 309 g/mol. The average molecular weight is 310 g/mol. The standard InChI is InChI=1S/C11H13Cl2NO3S/c1-2-5-14(6-7-15)18(16,17)9-3-4-10(12)11(13)8-9/h2-4,8,15H,1,5-7H2. The predicted octanol–water partition coefficient (Wildman–Crippen LogP) is 2.16. The van der Waals surface area contributed by atoms with Gasteiger partial charge in [0.05, 0.1) is 21.5 Å². The van der Waals surface area contributed by atoms with Gasteiger partial charge in [-0.3, -0.25) is 0 Å². The molecular weight excluding hydrogens is 297 g/mol. The van der Waals surface area contributed by atoms with Crippen LogP contribution in [-0.4, -0.2) is 37.5 Å². The highest BCUT2D eigenvalue weighted by molar-refractivity contribution is 7.89. The van der Waals surface area contributed by atoms with Crippen LogP contribution in [0.25, 0.3) is 0 Å². The summed E-state index contributed by atoms with van der Waals surface area (Å²) >= 11 is 11.5. The molecule has 1 aromatic carbocycles. The smallest absolute Gasteiger partial charge is 0.243 e. The first-order valence-electron chi connectivity index (χ1n) is 5.10. The maximum atomic E-state index is 12.2. The van der Waals surface area contributed by atoms with Crippen LogP contribution in [-0.2, 0) is 10.0 Å². The average Bonchev–Trinajstić information content (AvgIpc) is 2.32. The maximum Gasteiger partial charge on any atom is 0.243 e. The molecule has 0 bridgehead atoms. The van der Waals surface area contributed by atoms with Gasteiger partial charge in [-0.1, -0.05) is 29.3 Å². The van der Waals surface area contributed by atoms with E-state index in [2.05, 4.69) is 6.58 Å². The van der Waals surface area contributed by atoms with E-state index in [-0.39, 0.29) is 34.6 Å². The first-order valence-corrected chi connectivity index (χ1v) is 7.30. The maximum absolute atomic E-state index is 12.2. The van der Waals surface area contributed by atoms with Gasteiger partial charge in [-0.25, -0.2) is 8.42 Å². The Morgan fingerprint density at radius 1 is 1.33 bits per heavy atom. The van der Waals surface area contributed by atoms with Crippen LogP contribution < -0.4 is 0 Å². The third-order valence-corrected chi connectivity index (χ3v) is 4.81. The number of sulfonamides is 1. The van der Waals surface area contributed by atoms with Crippen LogP contribution in [0.15, 0.2) is 35.7 Å². The van der Waals surface area contributed by atoms with Crippen LogP contribution in [0.4, 0.5) is 0 Å². The lowest BCUT2D eigenvalue weighted by Crippen LogP contribution is -2.33. The highest BCUT2D eigenvalue weighted by atomic mass is 35.5. The molecule has 1 rings (SSSR count). The molecule has 0 aromatic heterocycles. The zero-order valence-electron chi connectivity index (χ0n) is 9.51. The number of hydrogen-bond donors (Lipinski definition) is 1. The molecule has 1 N–H and O–H groups in total. The molecule has 0 spiro atoms. The Balaban J connectivity index is 3.17. The van der Waals surface area contributed by atoms with Gasteiger partial charge >= 0.3 is 0 Å². The molecular formula is C11H13Cl2NO3S. The third-order valence-electron chi connectivity index (χ3n) is 2.21. The number of aliphatic hydroxyl groups excluding tert-OH is 1. The van der Waals surface area contributed by atoms with Crippen LogP contribution in [0.2, 0.25) is 10.0 Å². The summed E-state index contributed by atoms with van der Waals surface area (Å²) in [6, 6.07) is 4.07. The Morgan fingerprint density at radius 2 is 2.00 bits per heavy atom. The minimum atomic E-state index is -3.71. The predicted molar refractivity (Wildman–Crippen MR) is 72.5 cm³/mol. The van der Waals surface area contributed by atoms with Crippen molar-refractivity contribution in [2.24, 2.45) is 0 Å². The molecule has 0 saturated heterocycles. The van der Waals surface area contributed by atoms with Crippen LogP contribution in [0.3, 0.4) is 0 Å². The number of aliphatic hydroxyl groups is 1. The van der Waals surface area contributed by atoms with Gasteiger partial charge in [0.15, 0.2) is 0 Å². The molecule has 0 unspecified atom stereocenters. The van der Waals surface area contributed by atoms with Crippen LogP contribution in [0.1, 0.15) is 0 Å². The molecule has 0 atom stereocenters. The summed E-state index contributed by atoms with van der Waals surface area (Å²) in [6.07, 6.45) is 1.45. The van der Waals surface area contributed by atoms with Crippen molar-refractivity contribution in [3.63, 3.8) is 0 Å². The molecule has 0 aliphatic carbocycles. The van der Waals surface area contributed by atoms with Gasteiger partial charge in [-0.05, 0) is 18.2 Å². The zero-order chi connectivity index (χ0) is 13.8. The molecule has 0 aliphatic heterocycles. The molecule has 0 fully saturated rings. The number of nitrogens with zero attached hydrogens (tertiary/aromatic N) is 1. The Labute approximate surface area is 116 Å². The Bertz CT molecular complexity index is 531. The highest BCUT2D eigenvalue weighted by Crippen LogP contribution is 2.26. The molecule has 18 heavy (non-hydrogen) atoms. The number of halogens is 2. The Morgan fingerprint density at radius 3 is 2.50 bits per heavy atom. The van der Waals surface area contributed by atoms with Gasteiger partial charge in [-0.2, -0.15) is 4.31 Å². The lowest BCUT2D eigenvalue weighted by Gasteiger charge is -2.19. The Kier molecular flexibility index (Phi) is 5.62. The van der Waals surface area contributed by atoms with E-state index in [1.807, 2.05) is 0 Å². The van der Waals surface area contributed by atoms with Gasteiger partial charge in [0, 0.05) is 13.1 Å². The second-order valence-electron chi connectivity index (χ2n) is 3.45. The lowest BCUT2D eigenvalue weighted by molar-refractivity contribution is 0.260. The van der Waals surface area contributed by atoms with E-state index in [9.17, 15) is 8.42 Å². The fourth-order valence-electron chi connectivity index (χ4n) is 1.35. The van der Waals surface area contributed by atoms with E-state index in [0.717, 1.165) is 4.31 Å². The van der Waals surface area contributed by atoms with Gasteiger partial charge in [0.2, 0.25) is 10.0 Å². The molecule has 1 aromatic rings. The van der Waals surface area contributed by atoms with Crippen molar-refractivity contribution < 1.29 is 13.5 Å². The number of hydrogen-bond acceptors (Lipinski definition) is 3. The van der Waals surface area contributed by atoms with E-state index in [1.54, 1.807) is 0 Å². The summed E-state index contributed by atoms with van der Waals surface area (Å²) in [4.78, 5) is 0.0344. The summed E-state index contributed by atoms with van der Waals surface area (Å²) in [5.74, 6) is 0. The summed E-state index contributed by atoms with van der Waals surface area (Å²) < 4.78 is 25.6. The normalized spacial score (nSPS) is 11.8. The minimum Gasteiger partial charge on any atom is -0.395 e. The van der Waals surface area contributed by atoms with Crippen molar-refractivity contribution in [2.45, 2.75) is 4.90 Å². The van der Waals surface area contributed by atoms with Crippen LogP contribution >= 0.6 is 23.2 Å². The highest BCUT2D eigenvalue weighted by Gasteiger charge is 2.23. The van der Waals surface area contributed by atoms with Crippen LogP contribution in [0.5, 0.6) is 0 Å². The van der Waals surface area contributed by atoms with Crippen molar-refractivity contribution in [1.82, 2.24) is 4.31 Å². The quantitative estimate of drug-likeness (QED) is 0.819. The van der Waals surface area contributed by atoms with Crippen molar-refractivity contribution in [1.29, 1.82) is 0 Å². The van der Waals surface area contributed by atoms with E-state index in [4.69, 9.17) is 28.3 Å². The molecule has 4 nitrogen and oxygen atoms in total. The van der Waals surface area contributed by atoms with Gasteiger partial charge in [0.25, 0.3) is 0 Å². The zero-order valence-corrected chi connectivity index (χ0v) is 11.8. The molecule has 0 heterocycles. The SMILES string of the molecule is C=CCN(CCO)S(=O)(=O)c1ccc(Cl)c(Cl)c1. The Hall–Kier alpha value is -0.590. The fraction of sp³-hybridized carbons (Fsp3) is 0.273. The lowest BCUT2D eigenvalue weighted by atomic mass is 10.4. The number of benzene rings is 1. The number of rotatable bonds is 6. The molecule has 0 aliphatic rings. The summed E-state index contributed by atoms with van der Waals surface area (Å²) in [5, 5.41) is 9.34. The van der Waals surface area contributed by atoms with Gasteiger partial charge in [-0.15, -0.1) is 6.58 Å². The first-order chi connectivity index (χ1) is 8.43. The summed E-state index contributed by atoms with van der Waals surface area (Å²) in [7, 11) is -3.71. The van der Waals surface area contributed by atoms with E-state index in [0.29, 0.717) is 0 Å². The molecule has 0 radical (unpaired) electrons. The minimum absolute atomic E-state index is 0.00536. The fourth-order valence-corrected chi connectivity index (χ4v) is 3.14. The summed E-state index contributed by atoms with van der Waals surface area (Å²) in [6.45, 7) is 3.33. The van der Waals surface area contributed by atoms with Gasteiger partial charge in [0.1, 0.15) is 0 Å². The molecule has 100 valence electrons. The molecule has 0 amide bonds.